The maximum atomic E-state index is 13.3. The van der Waals surface area contributed by atoms with Crippen LogP contribution in [-0.4, -0.2) is 26.1 Å². The number of amides is 1. The van der Waals surface area contributed by atoms with Gasteiger partial charge >= 0.3 is 0 Å². The molecule has 35 heavy (non-hydrogen) atoms. The van der Waals surface area contributed by atoms with Crippen molar-refractivity contribution >= 4 is 40.7 Å². The first-order chi connectivity index (χ1) is 17.0. The van der Waals surface area contributed by atoms with Crippen LogP contribution < -0.4 is 15.4 Å². The van der Waals surface area contributed by atoms with Crippen molar-refractivity contribution in [2.24, 2.45) is 0 Å². The van der Waals surface area contributed by atoms with E-state index in [1.54, 1.807) is 16.8 Å². The SMILES string of the molecule is CC1=C(C(=O)Nc2ccccc2)C(c2ccc(OCc3ccc(Cl)cc3Cl)cc2)n2nnnc2N1. The van der Waals surface area contributed by atoms with Crippen LogP contribution in [0.4, 0.5) is 11.6 Å². The van der Waals surface area contributed by atoms with E-state index in [2.05, 4.69) is 26.2 Å². The Morgan fingerprint density at radius 1 is 1.09 bits per heavy atom. The number of hydrogen-bond donors (Lipinski definition) is 2. The number of halogens is 2. The lowest BCUT2D eigenvalue weighted by Gasteiger charge is -2.28. The van der Waals surface area contributed by atoms with Crippen LogP contribution in [0, 0.1) is 0 Å². The van der Waals surface area contributed by atoms with Crippen LogP contribution in [-0.2, 0) is 11.4 Å². The average Bonchev–Trinajstić information content (AvgIpc) is 3.31. The Labute approximate surface area is 211 Å². The van der Waals surface area contributed by atoms with Gasteiger partial charge in [0, 0.05) is 27.0 Å². The van der Waals surface area contributed by atoms with Crippen LogP contribution >= 0.6 is 23.2 Å². The van der Waals surface area contributed by atoms with Gasteiger partial charge in [0.25, 0.3) is 5.91 Å². The van der Waals surface area contributed by atoms with Crippen molar-refractivity contribution in [3.8, 4) is 5.75 Å². The van der Waals surface area contributed by atoms with Crippen molar-refractivity contribution < 1.29 is 9.53 Å². The number of ether oxygens (including phenoxy) is 1. The molecule has 0 radical (unpaired) electrons. The van der Waals surface area contributed by atoms with Gasteiger partial charge in [-0.2, -0.15) is 4.68 Å². The largest absolute Gasteiger partial charge is 0.489 e. The van der Waals surface area contributed by atoms with Crippen LogP contribution in [0.1, 0.15) is 24.1 Å². The zero-order chi connectivity index (χ0) is 24.4. The summed E-state index contributed by atoms with van der Waals surface area (Å²) in [5.41, 5.74) is 3.53. The van der Waals surface area contributed by atoms with Gasteiger partial charge in [-0.25, -0.2) is 0 Å². The van der Waals surface area contributed by atoms with E-state index in [0.717, 1.165) is 11.1 Å². The molecule has 0 saturated heterocycles. The molecule has 1 unspecified atom stereocenters. The second-order valence-corrected chi connectivity index (χ2v) is 8.77. The summed E-state index contributed by atoms with van der Waals surface area (Å²) in [5.74, 6) is 0.869. The summed E-state index contributed by atoms with van der Waals surface area (Å²) in [7, 11) is 0. The monoisotopic (exact) mass is 506 g/mol. The highest BCUT2D eigenvalue weighted by Crippen LogP contribution is 2.35. The van der Waals surface area contributed by atoms with Gasteiger partial charge in [0.05, 0.1) is 5.57 Å². The number of nitrogens with one attached hydrogen (secondary N) is 2. The summed E-state index contributed by atoms with van der Waals surface area (Å²) in [6, 6.07) is 21.5. The fourth-order valence-electron chi connectivity index (χ4n) is 3.88. The first-order valence-corrected chi connectivity index (χ1v) is 11.5. The summed E-state index contributed by atoms with van der Waals surface area (Å²) in [4.78, 5) is 13.3. The molecule has 8 nitrogen and oxygen atoms in total. The maximum absolute atomic E-state index is 13.3. The highest BCUT2D eigenvalue weighted by atomic mass is 35.5. The molecule has 1 atom stereocenters. The van der Waals surface area contributed by atoms with Gasteiger partial charge in [0.2, 0.25) is 5.95 Å². The lowest BCUT2D eigenvalue weighted by atomic mass is 9.95. The number of carbonyl (C=O) groups excluding carboxylic acids is 1. The smallest absolute Gasteiger partial charge is 0.255 e. The van der Waals surface area contributed by atoms with Crippen molar-refractivity contribution in [3.63, 3.8) is 0 Å². The molecule has 0 spiro atoms. The Morgan fingerprint density at radius 2 is 1.86 bits per heavy atom. The lowest BCUT2D eigenvalue weighted by molar-refractivity contribution is -0.113. The quantitative estimate of drug-likeness (QED) is 0.359. The van der Waals surface area contributed by atoms with Gasteiger partial charge in [0.15, 0.2) is 0 Å². The number of anilines is 2. The molecule has 0 bridgehead atoms. The van der Waals surface area contributed by atoms with E-state index in [1.807, 2.05) is 67.6 Å². The number of hydrogen-bond acceptors (Lipinski definition) is 6. The summed E-state index contributed by atoms with van der Waals surface area (Å²) in [5, 5.41) is 19.1. The van der Waals surface area contributed by atoms with Gasteiger partial charge in [-0.1, -0.05) is 64.7 Å². The zero-order valence-electron chi connectivity index (χ0n) is 18.6. The Balaban J connectivity index is 1.40. The summed E-state index contributed by atoms with van der Waals surface area (Å²) >= 11 is 12.2. The third-order valence-corrected chi connectivity index (χ3v) is 6.18. The Bertz CT molecular complexity index is 1400. The molecule has 0 fully saturated rings. The second kappa shape index (κ2) is 9.77. The zero-order valence-corrected chi connectivity index (χ0v) is 20.1. The summed E-state index contributed by atoms with van der Waals surface area (Å²) < 4.78 is 7.50. The third kappa shape index (κ3) is 4.84. The number of para-hydroxylation sites is 1. The van der Waals surface area contributed by atoms with Crippen molar-refractivity contribution in [1.82, 2.24) is 20.2 Å². The number of fused-ring (bicyclic) bond motifs is 1. The van der Waals surface area contributed by atoms with Crippen molar-refractivity contribution in [1.29, 1.82) is 0 Å². The van der Waals surface area contributed by atoms with E-state index < -0.39 is 6.04 Å². The second-order valence-electron chi connectivity index (χ2n) is 7.93. The molecule has 0 saturated carbocycles. The first-order valence-electron chi connectivity index (χ1n) is 10.8. The molecule has 0 aliphatic carbocycles. The van der Waals surface area contributed by atoms with E-state index in [1.165, 1.54) is 0 Å². The minimum absolute atomic E-state index is 0.245. The predicted molar refractivity (Wildman–Crippen MR) is 135 cm³/mol. The topological polar surface area (TPSA) is 94.0 Å². The number of allylic oxidation sites excluding steroid dienone is 1. The molecule has 5 rings (SSSR count). The number of benzene rings is 3. The van der Waals surface area contributed by atoms with Crippen molar-refractivity contribution in [3.05, 3.63) is 105 Å². The number of carbonyl (C=O) groups is 1. The van der Waals surface area contributed by atoms with Gasteiger partial charge in [0.1, 0.15) is 18.4 Å². The molecule has 1 aliphatic heterocycles. The van der Waals surface area contributed by atoms with Gasteiger partial charge in [-0.05, 0) is 59.3 Å². The molecule has 10 heteroatoms. The van der Waals surface area contributed by atoms with E-state index in [4.69, 9.17) is 27.9 Å². The van der Waals surface area contributed by atoms with E-state index >= 15 is 0 Å². The molecule has 4 aromatic rings. The Hall–Kier alpha value is -3.88. The van der Waals surface area contributed by atoms with Crippen LogP contribution in [0.3, 0.4) is 0 Å². The van der Waals surface area contributed by atoms with E-state index in [9.17, 15) is 4.79 Å². The van der Waals surface area contributed by atoms with E-state index in [0.29, 0.717) is 45.3 Å². The number of aromatic nitrogens is 4. The molecule has 3 aromatic carbocycles. The van der Waals surface area contributed by atoms with Crippen LogP contribution in [0.2, 0.25) is 10.0 Å². The first kappa shape index (κ1) is 22.9. The van der Waals surface area contributed by atoms with Crippen molar-refractivity contribution in [2.45, 2.75) is 19.6 Å². The number of rotatable bonds is 6. The molecular weight excluding hydrogens is 487 g/mol. The standard InChI is InChI=1S/C25H20Cl2N6O2/c1-15-22(24(34)29-19-5-3-2-4-6-19)23(33-25(28-15)30-31-32-33)16-8-11-20(12-9-16)35-14-17-7-10-18(26)13-21(17)27/h2-13,23H,14H2,1H3,(H,29,34)(H,28,30,32). The van der Waals surface area contributed by atoms with E-state index in [-0.39, 0.29) is 5.91 Å². The molecule has 1 aromatic heterocycles. The number of nitrogens with zero attached hydrogens (tertiary/aromatic N) is 4. The fraction of sp³-hybridized carbons (Fsp3) is 0.120. The van der Waals surface area contributed by atoms with Crippen molar-refractivity contribution in [2.75, 3.05) is 10.6 Å². The molecule has 2 N–H and O–H groups in total. The van der Waals surface area contributed by atoms with Crippen LogP contribution in [0.25, 0.3) is 0 Å². The summed E-state index contributed by atoms with van der Waals surface area (Å²) in [6.07, 6.45) is 0. The number of tetrazole rings is 1. The highest BCUT2D eigenvalue weighted by molar-refractivity contribution is 6.35. The highest BCUT2D eigenvalue weighted by Gasteiger charge is 2.34. The van der Waals surface area contributed by atoms with Gasteiger partial charge in [-0.15, -0.1) is 0 Å². The van der Waals surface area contributed by atoms with Crippen LogP contribution in [0.5, 0.6) is 5.75 Å². The fourth-order valence-corrected chi connectivity index (χ4v) is 4.34. The molecular formula is C25H20Cl2N6O2. The Kier molecular flexibility index (Phi) is 6.39. The minimum Gasteiger partial charge on any atom is -0.489 e. The third-order valence-electron chi connectivity index (χ3n) is 5.60. The average molecular weight is 507 g/mol. The molecule has 1 aliphatic rings. The lowest BCUT2D eigenvalue weighted by Crippen LogP contribution is -2.31. The minimum atomic E-state index is -0.523. The molecule has 176 valence electrons. The summed E-state index contributed by atoms with van der Waals surface area (Å²) in [6.45, 7) is 2.13. The van der Waals surface area contributed by atoms with Gasteiger partial charge < -0.3 is 15.4 Å². The molecule has 2 heterocycles. The Morgan fingerprint density at radius 3 is 2.60 bits per heavy atom. The normalized spacial score (nSPS) is 14.8. The van der Waals surface area contributed by atoms with Crippen LogP contribution in [0.15, 0.2) is 84.1 Å². The maximum Gasteiger partial charge on any atom is 0.255 e. The predicted octanol–water partition coefficient (Wildman–Crippen LogP) is 5.49. The molecule has 1 amide bonds. The van der Waals surface area contributed by atoms with Gasteiger partial charge in [-0.3, -0.25) is 4.79 Å².